The number of thiophene rings is 1. The molecule has 1 aromatic heterocycles. The lowest BCUT2D eigenvalue weighted by atomic mass is 10.1. The predicted octanol–water partition coefficient (Wildman–Crippen LogP) is 1.06. The van der Waals surface area contributed by atoms with Gasteiger partial charge in [-0.3, -0.25) is 20.2 Å². The van der Waals surface area contributed by atoms with Crippen molar-refractivity contribution in [1.29, 1.82) is 0 Å². The zero-order valence-electron chi connectivity index (χ0n) is 9.07. The minimum Gasteiger partial charge on any atom is -0.273 e. The van der Waals surface area contributed by atoms with Gasteiger partial charge in [0, 0.05) is 9.75 Å². The van der Waals surface area contributed by atoms with E-state index in [2.05, 4.69) is 0 Å². The average Bonchev–Trinajstić information content (AvgIpc) is 2.71. The summed E-state index contributed by atoms with van der Waals surface area (Å²) in [6.07, 6.45) is 2.39. The summed E-state index contributed by atoms with van der Waals surface area (Å²) >= 11 is 1.51. The van der Waals surface area contributed by atoms with Crippen LogP contribution >= 0.6 is 11.3 Å². The lowest BCUT2D eigenvalue weighted by Gasteiger charge is -2.13. The van der Waals surface area contributed by atoms with Gasteiger partial charge in [-0.05, 0) is 24.6 Å². The normalized spacial score (nSPS) is 15.6. The first-order valence-electron chi connectivity index (χ1n) is 5.07. The largest absolute Gasteiger partial charge is 0.328 e. The molecule has 1 aliphatic rings. The van der Waals surface area contributed by atoms with Gasteiger partial charge in [-0.25, -0.2) is 4.79 Å². The first-order valence-corrected chi connectivity index (χ1v) is 5.89. The van der Waals surface area contributed by atoms with E-state index in [9.17, 15) is 14.4 Å². The Morgan fingerprint density at radius 2 is 1.82 bits per heavy atom. The Balaban J connectivity index is 2.29. The molecule has 1 fully saturated rings. The molecule has 1 saturated heterocycles. The fraction of sp³-hybridized carbons (Fsp3) is 0.182. The standard InChI is InChI=1S/C11H10N2O3S/c1-2-6-3-4-7(17-6)5-8-9(14)12-11(16)13-10(8)15/h3-5H,2H2,1H3,(H2,12,13,14,15,16). The van der Waals surface area contributed by atoms with Crippen LogP contribution in [-0.2, 0) is 16.0 Å². The molecular formula is C11H10N2O3S. The molecule has 88 valence electrons. The van der Waals surface area contributed by atoms with E-state index in [-0.39, 0.29) is 5.57 Å². The summed E-state index contributed by atoms with van der Waals surface area (Å²) in [7, 11) is 0. The van der Waals surface area contributed by atoms with E-state index in [1.807, 2.05) is 29.7 Å². The van der Waals surface area contributed by atoms with Crippen molar-refractivity contribution in [2.75, 3.05) is 0 Å². The summed E-state index contributed by atoms with van der Waals surface area (Å²) in [4.78, 5) is 35.7. The molecule has 17 heavy (non-hydrogen) atoms. The maximum absolute atomic E-state index is 11.4. The maximum Gasteiger partial charge on any atom is 0.328 e. The van der Waals surface area contributed by atoms with Crippen LogP contribution in [-0.4, -0.2) is 17.8 Å². The highest BCUT2D eigenvalue weighted by Gasteiger charge is 2.27. The fourth-order valence-corrected chi connectivity index (χ4v) is 2.31. The van der Waals surface area contributed by atoms with Crippen molar-refractivity contribution in [3.63, 3.8) is 0 Å². The molecule has 0 unspecified atom stereocenters. The van der Waals surface area contributed by atoms with Gasteiger partial charge in [-0.2, -0.15) is 0 Å². The number of hydrogen-bond donors (Lipinski definition) is 2. The van der Waals surface area contributed by atoms with E-state index in [0.717, 1.165) is 11.3 Å². The van der Waals surface area contributed by atoms with Crippen LogP contribution in [0.2, 0.25) is 0 Å². The van der Waals surface area contributed by atoms with E-state index >= 15 is 0 Å². The van der Waals surface area contributed by atoms with Crippen molar-refractivity contribution in [3.8, 4) is 0 Å². The summed E-state index contributed by atoms with van der Waals surface area (Å²) < 4.78 is 0. The molecule has 2 rings (SSSR count). The summed E-state index contributed by atoms with van der Waals surface area (Å²) in [6, 6.07) is 3.01. The van der Waals surface area contributed by atoms with Crippen molar-refractivity contribution < 1.29 is 14.4 Å². The Bertz CT molecular complexity index is 509. The van der Waals surface area contributed by atoms with Crippen LogP contribution in [0, 0.1) is 0 Å². The first kappa shape index (κ1) is 11.5. The average molecular weight is 250 g/mol. The zero-order chi connectivity index (χ0) is 12.4. The lowest BCUT2D eigenvalue weighted by molar-refractivity contribution is -0.123. The van der Waals surface area contributed by atoms with Crippen LogP contribution in [0.4, 0.5) is 4.79 Å². The number of hydrogen-bond acceptors (Lipinski definition) is 4. The number of urea groups is 1. The number of nitrogens with one attached hydrogen (secondary N) is 2. The number of rotatable bonds is 2. The molecule has 5 nitrogen and oxygen atoms in total. The second kappa shape index (κ2) is 4.50. The fourth-order valence-electron chi connectivity index (χ4n) is 1.41. The lowest BCUT2D eigenvalue weighted by Crippen LogP contribution is -2.51. The first-order chi connectivity index (χ1) is 8.10. The van der Waals surface area contributed by atoms with Crippen LogP contribution in [0.3, 0.4) is 0 Å². The van der Waals surface area contributed by atoms with Gasteiger partial charge in [0.15, 0.2) is 0 Å². The Morgan fingerprint density at radius 1 is 1.18 bits per heavy atom. The molecule has 2 heterocycles. The van der Waals surface area contributed by atoms with Gasteiger partial charge in [0.25, 0.3) is 11.8 Å². The Labute approximate surface area is 102 Å². The minimum absolute atomic E-state index is 0.0471. The van der Waals surface area contributed by atoms with Gasteiger partial charge in [-0.15, -0.1) is 11.3 Å². The van der Waals surface area contributed by atoms with Gasteiger partial charge in [0.05, 0.1) is 0 Å². The number of imide groups is 2. The molecule has 1 aliphatic heterocycles. The van der Waals surface area contributed by atoms with Gasteiger partial charge >= 0.3 is 6.03 Å². The molecule has 0 bridgehead atoms. The third-order valence-electron chi connectivity index (χ3n) is 2.26. The zero-order valence-corrected chi connectivity index (χ0v) is 9.89. The Kier molecular flexibility index (Phi) is 3.06. The molecule has 0 aromatic carbocycles. The molecule has 0 aliphatic carbocycles. The van der Waals surface area contributed by atoms with E-state index in [1.165, 1.54) is 22.3 Å². The van der Waals surface area contributed by atoms with Crippen LogP contribution < -0.4 is 10.6 Å². The van der Waals surface area contributed by atoms with Gasteiger partial charge in [0.2, 0.25) is 0 Å². The summed E-state index contributed by atoms with van der Waals surface area (Å²) in [6.45, 7) is 2.03. The van der Waals surface area contributed by atoms with E-state index in [4.69, 9.17) is 0 Å². The molecule has 0 spiro atoms. The minimum atomic E-state index is -0.780. The van der Waals surface area contributed by atoms with E-state index in [1.54, 1.807) is 0 Å². The molecule has 6 heteroatoms. The third kappa shape index (κ3) is 2.42. The Morgan fingerprint density at radius 3 is 2.35 bits per heavy atom. The van der Waals surface area contributed by atoms with Gasteiger partial charge in [0.1, 0.15) is 5.57 Å². The van der Waals surface area contributed by atoms with Crippen molar-refractivity contribution in [2.45, 2.75) is 13.3 Å². The van der Waals surface area contributed by atoms with Crippen LogP contribution in [0.1, 0.15) is 16.7 Å². The van der Waals surface area contributed by atoms with Crippen LogP contribution in [0.15, 0.2) is 17.7 Å². The molecule has 0 saturated carbocycles. The predicted molar refractivity (Wildman–Crippen MR) is 63.4 cm³/mol. The quantitative estimate of drug-likeness (QED) is 0.608. The second-order valence-electron chi connectivity index (χ2n) is 3.45. The molecule has 4 amide bonds. The van der Waals surface area contributed by atoms with E-state index < -0.39 is 17.8 Å². The van der Waals surface area contributed by atoms with Gasteiger partial charge < -0.3 is 0 Å². The number of carbonyl (C=O) groups excluding carboxylic acids is 3. The molecule has 2 N–H and O–H groups in total. The van der Waals surface area contributed by atoms with Crippen molar-refractivity contribution in [1.82, 2.24) is 10.6 Å². The van der Waals surface area contributed by atoms with Crippen LogP contribution in [0.25, 0.3) is 6.08 Å². The smallest absolute Gasteiger partial charge is 0.273 e. The second-order valence-corrected chi connectivity index (χ2v) is 4.65. The molecular weight excluding hydrogens is 240 g/mol. The number of aryl methyl sites for hydroxylation is 1. The highest BCUT2D eigenvalue weighted by atomic mass is 32.1. The number of barbiturate groups is 1. The molecule has 0 atom stereocenters. The summed E-state index contributed by atoms with van der Waals surface area (Å²) in [5.74, 6) is -1.32. The van der Waals surface area contributed by atoms with Crippen molar-refractivity contribution >= 4 is 35.3 Å². The van der Waals surface area contributed by atoms with Crippen LogP contribution in [0.5, 0.6) is 0 Å². The monoisotopic (exact) mass is 250 g/mol. The molecule has 0 radical (unpaired) electrons. The van der Waals surface area contributed by atoms with Crippen molar-refractivity contribution in [3.05, 3.63) is 27.5 Å². The summed E-state index contributed by atoms with van der Waals surface area (Å²) in [5, 5.41) is 4.05. The SMILES string of the molecule is CCc1ccc(C=C2C(=O)NC(=O)NC2=O)s1. The number of carbonyl (C=O) groups is 3. The maximum atomic E-state index is 11.4. The Hall–Kier alpha value is -1.95. The number of amides is 4. The molecule has 1 aromatic rings. The highest BCUT2D eigenvalue weighted by molar-refractivity contribution is 7.12. The summed E-state index contributed by atoms with van der Waals surface area (Å²) in [5.41, 5.74) is -0.0471. The third-order valence-corrected chi connectivity index (χ3v) is 3.44. The highest BCUT2D eigenvalue weighted by Crippen LogP contribution is 2.20. The van der Waals surface area contributed by atoms with Crippen molar-refractivity contribution in [2.24, 2.45) is 0 Å². The topological polar surface area (TPSA) is 75.3 Å². The van der Waals surface area contributed by atoms with E-state index in [0.29, 0.717) is 0 Å². The van der Waals surface area contributed by atoms with Gasteiger partial charge in [-0.1, -0.05) is 6.92 Å².